The number of carbonyl (C=O) groups is 2. The molecule has 3 rings (SSSR count). The van der Waals surface area contributed by atoms with Crippen LogP contribution in [0.15, 0.2) is 54.7 Å². The van der Waals surface area contributed by atoms with E-state index in [0.717, 1.165) is 16.5 Å². The molecule has 0 saturated carbocycles. The van der Waals surface area contributed by atoms with E-state index in [1.54, 1.807) is 18.3 Å². The first-order valence-corrected chi connectivity index (χ1v) is 7.92. The van der Waals surface area contributed by atoms with Gasteiger partial charge in [-0.15, -0.1) is 0 Å². The summed E-state index contributed by atoms with van der Waals surface area (Å²) in [5.74, 6) is -0.309. The summed E-state index contributed by atoms with van der Waals surface area (Å²) in [6.45, 7) is 3.91. The molecule has 24 heavy (non-hydrogen) atoms. The minimum absolute atomic E-state index is 0.223. The number of benzene rings is 2. The van der Waals surface area contributed by atoms with Crippen molar-refractivity contribution in [3.63, 3.8) is 0 Å². The van der Waals surface area contributed by atoms with Crippen LogP contribution in [0.5, 0.6) is 0 Å². The lowest BCUT2D eigenvalue weighted by molar-refractivity contribution is 0.0475. The van der Waals surface area contributed by atoms with E-state index in [-0.39, 0.29) is 12.4 Å². The fraction of sp³-hybridized carbons (Fsp3) is 0.200. The molecule has 0 unspecified atom stereocenters. The van der Waals surface area contributed by atoms with Crippen LogP contribution in [0.25, 0.3) is 10.9 Å². The number of aromatic nitrogens is 1. The number of fused-ring (bicyclic) bond motifs is 1. The van der Waals surface area contributed by atoms with Gasteiger partial charge in [0.2, 0.25) is 5.78 Å². The highest BCUT2D eigenvalue weighted by molar-refractivity contribution is 6.09. The average molecular weight is 321 g/mol. The second kappa shape index (κ2) is 6.71. The van der Waals surface area contributed by atoms with Gasteiger partial charge in [-0.3, -0.25) is 4.79 Å². The van der Waals surface area contributed by atoms with E-state index in [1.165, 1.54) is 0 Å². The molecular formula is C20H19NO3. The molecular weight excluding hydrogens is 302 g/mol. The predicted molar refractivity (Wildman–Crippen MR) is 93.4 cm³/mol. The fourth-order valence-corrected chi connectivity index (χ4v) is 2.60. The van der Waals surface area contributed by atoms with Crippen LogP contribution in [0.2, 0.25) is 0 Å². The molecule has 122 valence electrons. The molecule has 1 N–H and O–H groups in total. The number of hydrogen-bond donors (Lipinski definition) is 1. The van der Waals surface area contributed by atoms with Crippen LogP contribution in [0.1, 0.15) is 46.0 Å². The molecule has 1 aromatic heterocycles. The number of ketones is 1. The molecule has 0 fully saturated rings. The highest BCUT2D eigenvalue weighted by atomic mass is 16.5. The van der Waals surface area contributed by atoms with Crippen LogP contribution in [0.3, 0.4) is 0 Å². The van der Waals surface area contributed by atoms with Crippen molar-refractivity contribution in [2.75, 3.05) is 6.61 Å². The van der Waals surface area contributed by atoms with Gasteiger partial charge in [0.05, 0.1) is 5.56 Å². The first-order chi connectivity index (χ1) is 11.6. The van der Waals surface area contributed by atoms with E-state index in [4.69, 9.17) is 4.74 Å². The van der Waals surface area contributed by atoms with Crippen LogP contribution in [-0.4, -0.2) is 23.3 Å². The van der Waals surface area contributed by atoms with Crippen molar-refractivity contribution in [3.05, 3.63) is 71.4 Å². The maximum Gasteiger partial charge on any atom is 0.338 e. The quantitative estimate of drug-likeness (QED) is 0.562. The largest absolute Gasteiger partial charge is 0.454 e. The fourth-order valence-electron chi connectivity index (χ4n) is 2.60. The van der Waals surface area contributed by atoms with Gasteiger partial charge in [-0.25, -0.2) is 4.79 Å². The first-order valence-electron chi connectivity index (χ1n) is 7.92. The number of Topliss-reactive ketones (excluding diaryl/α,β-unsaturated/α-hetero) is 1. The summed E-state index contributed by atoms with van der Waals surface area (Å²) in [5, 5.41) is 0.833. The molecule has 4 heteroatoms. The number of para-hydroxylation sites is 1. The Bertz CT molecular complexity index is 875. The third kappa shape index (κ3) is 3.23. The molecule has 4 nitrogen and oxygen atoms in total. The van der Waals surface area contributed by atoms with Gasteiger partial charge < -0.3 is 9.72 Å². The van der Waals surface area contributed by atoms with Crippen molar-refractivity contribution in [2.45, 2.75) is 19.8 Å². The number of rotatable bonds is 5. The number of esters is 1. The van der Waals surface area contributed by atoms with Gasteiger partial charge >= 0.3 is 5.97 Å². The van der Waals surface area contributed by atoms with Gasteiger partial charge in [0.1, 0.15) is 0 Å². The Balaban J connectivity index is 1.66. The summed E-state index contributed by atoms with van der Waals surface area (Å²) in [6.07, 6.45) is 1.65. The summed E-state index contributed by atoms with van der Waals surface area (Å²) in [7, 11) is 0. The predicted octanol–water partition coefficient (Wildman–Crippen LogP) is 4.33. The number of ether oxygens (including phenoxy) is 1. The number of nitrogens with one attached hydrogen (secondary N) is 1. The average Bonchev–Trinajstić information content (AvgIpc) is 3.03. The maximum absolute atomic E-state index is 12.3. The molecule has 0 amide bonds. The molecule has 0 saturated heterocycles. The van der Waals surface area contributed by atoms with Crippen molar-refractivity contribution in [3.8, 4) is 0 Å². The minimum Gasteiger partial charge on any atom is -0.454 e. The van der Waals surface area contributed by atoms with E-state index in [1.807, 2.05) is 36.4 Å². The van der Waals surface area contributed by atoms with E-state index >= 15 is 0 Å². The molecule has 0 aliphatic heterocycles. The second-order valence-corrected chi connectivity index (χ2v) is 6.02. The Labute approximate surface area is 140 Å². The third-order valence-corrected chi connectivity index (χ3v) is 4.04. The van der Waals surface area contributed by atoms with Crippen molar-refractivity contribution >= 4 is 22.7 Å². The standard InChI is InChI=1S/C20H19NO3/c1-13(2)14-7-9-15(10-8-14)20(23)24-12-19(22)17-11-21-18-6-4-3-5-16(17)18/h3-11,13,21H,12H2,1-2H3. The molecule has 0 atom stereocenters. The Morgan fingerprint density at radius 1 is 1.04 bits per heavy atom. The lowest BCUT2D eigenvalue weighted by Crippen LogP contribution is -2.14. The minimum atomic E-state index is -0.488. The van der Waals surface area contributed by atoms with Crippen LogP contribution in [-0.2, 0) is 4.74 Å². The summed E-state index contributed by atoms with van der Waals surface area (Å²) >= 11 is 0. The summed E-state index contributed by atoms with van der Waals surface area (Å²) < 4.78 is 5.16. The van der Waals surface area contributed by atoms with Gasteiger partial charge in [-0.1, -0.05) is 44.2 Å². The van der Waals surface area contributed by atoms with Gasteiger partial charge in [0, 0.05) is 22.7 Å². The van der Waals surface area contributed by atoms with Gasteiger partial charge in [-0.05, 0) is 29.7 Å². The van der Waals surface area contributed by atoms with Gasteiger partial charge in [0.15, 0.2) is 6.61 Å². The summed E-state index contributed by atoms with van der Waals surface area (Å²) in [4.78, 5) is 27.4. The molecule has 0 spiro atoms. The van der Waals surface area contributed by atoms with Crippen LogP contribution < -0.4 is 0 Å². The second-order valence-electron chi connectivity index (χ2n) is 6.02. The zero-order valence-electron chi connectivity index (χ0n) is 13.7. The van der Waals surface area contributed by atoms with E-state index in [2.05, 4.69) is 18.8 Å². The number of hydrogen-bond acceptors (Lipinski definition) is 3. The highest BCUT2D eigenvalue weighted by Crippen LogP contribution is 2.19. The van der Waals surface area contributed by atoms with E-state index in [9.17, 15) is 9.59 Å². The lowest BCUT2D eigenvalue weighted by Gasteiger charge is -2.07. The summed E-state index contributed by atoms with van der Waals surface area (Å²) in [6, 6.07) is 14.8. The van der Waals surface area contributed by atoms with Crippen molar-refractivity contribution < 1.29 is 14.3 Å². The van der Waals surface area contributed by atoms with Crippen LogP contribution >= 0.6 is 0 Å². The molecule has 0 aliphatic carbocycles. The van der Waals surface area contributed by atoms with E-state index < -0.39 is 5.97 Å². The van der Waals surface area contributed by atoms with E-state index in [0.29, 0.717) is 17.0 Å². The Hall–Kier alpha value is -2.88. The molecule has 0 aliphatic rings. The Morgan fingerprint density at radius 2 is 1.75 bits per heavy atom. The SMILES string of the molecule is CC(C)c1ccc(C(=O)OCC(=O)c2c[nH]c3ccccc23)cc1. The Morgan fingerprint density at radius 3 is 2.46 bits per heavy atom. The molecule has 0 bridgehead atoms. The molecule has 1 heterocycles. The first kappa shape index (κ1) is 16.0. The topological polar surface area (TPSA) is 59.2 Å². The monoisotopic (exact) mass is 321 g/mol. The smallest absolute Gasteiger partial charge is 0.338 e. The van der Waals surface area contributed by atoms with Crippen molar-refractivity contribution in [1.82, 2.24) is 4.98 Å². The van der Waals surface area contributed by atoms with Crippen molar-refractivity contribution in [1.29, 1.82) is 0 Å². The van der Waals surface area contributed by atoms with Crippen molar-refractivity contribution in [2.24, 2.45) is 0 Å². The Kier molecular flexibility index (Phi) is 4.47. The maximum atomic E-state index is 12.3. The van der Waals surface area contributed by atoms with Gasteiger partial charge in [-0.2, -0.15) is 0 Å². The van der Waals surface area contributed by atoms with Gasteiger partial charge in [0.25, 0.3) is 0 Å². The highest BCUT2D eigenvalue weighted by Gasteiger charge is 2.15. The zero-order valence-corrected chi connectivity index (χ0v) is 13.7. The summed E-state index contributed by atoms with van der Waals surface area (Å²) in [5.41, 5.74) is 3.03. The molecule has 2 aromatic carbocycles. The number of aromatic amines is 1. The molecule has 3 aromatic rings. The molecule has 0 radical (unpaired) electrons. The lowest BCUT2D eigenvalue weighted by atomic mass is 10.0. The number of H-pyrrole nitrogens is 1. The number of carbonyl (C=O) groups excluding carboxylic acids is 2. The third-order valence-electron chi connectivity index (χ3n) is 4.04. The van der Waals surface area contributed by atoms with Crippen LogP contribution in [0.4, 0.5) is 0 Å². The zero-order chi connectivity index (χ0) is 17.1. The normalized spacial score (nSPS) is 11.0. The van der Waals surface area contributed by atoms with Crippen LogP contribution in [0, 0.1) is 0 Å².